The van der Waals surface area contributed by atoms with Gasteiger partial charge in [0.05, 0.1) is 18.3 Å². The van der Waals surface area contributed by atoms with E-state index in [2.05, 4.69) is 4.72 Å². The minimum absolute atomic E-state index is 0.0614. The first-order valence-corrected chi connectivity index (χ1v) is 7.65. The van der Waals surface area contributed by atoms with Crippen LogP contribution < -0.4 is 10.5 Å². The van der Waals surface area contributed by atoms with Crippen LogP contribution in [0, 0.1) is 5.82 Å². The summed E-state index contributed by atoms with van der Waals surface area (Å²) >= 11 is 0. The number of benzene rings is 2. The van der Waals surface area contributed by atoms with Crippen LogP contribution in [0.25, 0.3) is 0 Å². The number of nitrogen functional groups attached to an aromatic ring is 1. The molecule has 0 bridgehead atoms. The molecule has 1 atom stereocenters. The number of anilines is 1. The van der Waals surface area contributed by atoms with E-state index >= 15 is 0 Å². The van der Waals surface area contributed by atoms with Gasteiger partial charge in [0, 0.05) is 0 Å². The standard InChI is InChI=1S/C14H15FN2O3S/c15-11-6-7-12(16)14(8-11)21(19,20)17-13(9-18)10-4-2-1-3-5-10/h1-8,13,17-18H,9,16H2/t13-/m1/s1. The summed E-state index contributed by atoms with van der Waals surface area (Å²) in [6.07, 6.45) is 0. The lowest BCUT2D eigenvalue weighted by Gasteiger charge is -2.17. The smallest absolute Gasteiger partial charge is 0.243 e. The molecule has 0 aromatic heterocycles. The summed E-state index contributed by atoms with van der Waals surface area (Å²) in [4.78, 5) is -0.350. The summed E-state index contributed by atoms with van der Waals surface area (Å²) in [5.74, 6) is -0.704. The SMILES string of the molecule is Nc1ccc(F)cc1S(=O)(=O)N[C@H](CO)c1ccccc1. The highest BCUT2D eigenvalue weighted by Crippen LogP contribution is 2.22. The largest absolute Gasteiger partial charge is 0.398 e. The van der Waals surface area contributed by atoms with E-state index in [1.54, 1.807) is 30.3 Å². The van der Waals surface area contributed by atoms with Crippen LogP contribution in [-0.4, -0.2) is 20.1 Å². The molecule has 112 valence electrons. The van der Waals surface area contributed by atoms with E-state index in [0.29, 0.717) is 5.56 Å². The van der Waals surface area contributed by atoms with Crippen molar-refractivity contribution in [3.63, 3.8) is 0 Å². The predicted octanol–water partition coefficient (Wildman–Crippen LogP) is 1.42. The van der Waals surface area contributed by atoms with E-state index in [1.165, 1.54) is 6.07 Å². The third-order valence-electron chi connectivity index (χ3n) is 2.95. The number of hydrogen-bond acceptors (Lipinski definition) is 4. The predicted molar refractivity (Wildman–Crippen MR) is 77.4 cm³/mol. The second-order valence-corrected chi connectivity index (χ2v) is 6.13. The molecule has 0 amide bonds. The first kappa shape index (κ1) is 15.4. The first-order valence-electron chi connectivity index (χ1n) is 6.17. The highest BCUT2D eigenvalue weighted by atomic mass is 32.2. The lowest BCUT2D eigenvalue weighted by atomic mass is 10.1. The molecule has 4 N–H and O–H groups in total. The van der Waals surface area contributed by atoms with E-state index in [0.717, 1.165) is 12.1 Å². The third-order valence-corrected chi connectivity index (χ3v) is 4.47. The molecule has 0 radical (unpaired) electrons. The lowest BCUT2D eigenvalue weighted by Crippen LogP contribution is -2.31. The van der Waals surface area contributed by atoms with Gasteiger partial charge in [-0.25, -0.2) is 17.5 Å². The fraction of sp³-hybridized carbons (Fsp3) is 0.143. The molecule has 2 aromatic carbocycles. The molecule has 0 aliphatic rings. The zero-order chi connectivity index (χ0) is 15.5. The Kier molecular flexibility index (Phi) is 4.56. The maximum Gasteiger partial charge on any atom is 0.243 e. The van der Waals surface area contributed by atoms with E-state index < -0.39 is 28.5 Å². The molecule has 21 heavy (non-hydrogen) atoms. The van der Waals surface area contributed by atoms with Crippen LogP contribution in [0.3, 0.4) is 0 Å². The molecular weight excluding hydrogens is 295 g/mol. The number of hydrogen-bond donors (Lipinski definition) is 3. The topological polar surface area (TPSA) is 92.4 Å². The van der Waals surface area contributed by atoms with Crippen molar-refractivity contribution in [2.24, 2.45) is 0 Å². The summed E-state index contributed by atoms with van der Waals surface area (Å²) in [6, 6.07) is 10.9. The van der Waals surface area contributed by atoms with Gasteiger partial charge in [0.25, 0.3) is 0 Å². The molecular formula is C14H15FN2O3S. The van der Waals surface area contributed by atoms with Gasteiger partial charge in [-0.1, -0.05) is 30.3 Å². The van der Waals surface area contributed by atoms with Crippen molar-refractivity contribution in [3.8, 4) is 0 Å². The number of rotatable bonds is 5. The number of nitrogens with two attached hydrogens (primary N) is 1. The molecule has 0 spiro atoms. The maximum absolute atomic E-state index is 13.2. The van der Waals surface area contributed by atoms with Gasteiger partial charge >= 0.3 is 0 Å². The maximum atomic E-state index is 13.2. The van der Waals surface area contributed by atoms with Crippen molar-refractivity contribution < 1.29 is 17.9 Å². The van der Waals surface area contributed by atoms with Crippen LogP contribution >= 0.6 is 0 Å². The molecule has 7 heteroatoms. The Labute approximate surface area is 122 Å². The van der Waals surface area contributed by atoms with Crippen LogP contribution in [0.5, 0.6) is 0 Å². The molecule has 0 aliphatic carbocycles. The van der Waals surface area contributed by atoms with Crippen LogP contribution in [-0.2, 0) is 10.0 Å². The zero-order valence-corrected chi connectivity index (χ0v) is 11.8. The Morgan fingerprint density at radius 1 is 1.19 bits per heavy atom. The van der Waals surface area contributed by atoms with Crippen molar-refractivity contribution in [2.75, 3.05) is 12.3 Å². The van der Waals surface area contributed by atoms with Crippen LogP contribution in [0.2, 0.25) is 0 Å². The highest BCUT2D eigenvalue weighted by Gasteiger charge is 2.23. The van der Waals surface area contributed by atoms with Crippen molar-refractivity contribution in [2.45, 2.75) is 10.9 Å². The monoisotopic (exact) mass is 310 g/mol. The quantitative estimate of drug-likeness (QED) is 0.728. The van der Waals surface area contributed by atoms with Gasteiger partial charge in [0.1, 0.15) is 10.7 Å². The van der Waals surface area contributed by atoms with Crippen molar-refractivity contribution >= 4 is 15.7 Å². The molecule has 0 aliphatic heterocycles. The van der Waals surface area contributed by atoms with Gasteiger partial charge < -0.3 is 10.8 Å². The molecule has 0 heterocycles. The number of aliphatic hydroxyl groups excluding tert-OH is 1. The second-order valence-electron chi connectivity index (χ2n) is 4.45. The zero-order valence-electron chi connectivity index (χ0n) is 11.0. The first-order chi connectivity index (χ1) is 9.94. The Bertz CT molecular complexity index is 720. The van der Waals surface area contributed by atoms with E-state index in [4.69, 9.17) is 5.73 Å². The average molecular weight is 310 g/mol. The summed E-state index contributed by atoms with van der Waals surface area (Å²) in [7, 11) is -4.05. The molecule has 2 rings (SSSR count). The molecule has 5 nitrogen and oxygen atoms in total. The second kappa shape index (κ2) is 6.21. The van der Waals surface area contributed by atoms with Gasteiger partial charge in [-0.3, -0.25) is 0 Å². The van der Waals surface area contributed by atoms with Crippen molar-refractivity contribution in [1.29, 1.82) is 0 Å². The fourth-order valence-electron chi connectivity index (χ4n) is 1.89. The molecule has 0 fully saturated rings. The number of halogens is 1. The summed E-state index contributed by atoms with van der Waals surface area (Å²) in [6.45, 7) is -0.432. The Balaban J connectivity index is 2.34. The third kappa shape index (κ3) is 3.57. The van der Waals surface area contributed by atoms with Gasteiger partial charge in [-0.05, 0) is 23.8 Å². The van der Waals surface area contributed by atoms with Gasteiger partial charge in [0.2, 0.25) is 10.0 Å². The van der Waals surface area contributed by atoms with Gasteiger partial charge in [0.15, 0.2) is 0 Å². The summed E-state index contributed by atoms with van der Waals surface area (Å²) in [5, 5.41) is 9.38. The Morgan fingerprint density at radius 3 is 2.48 bits per heavy atom. The van der Waals surface area contributed by atoms with Crippen LogP contribution in [0.1, 0.15) is 11.6 Å². The Morgan fingerprint density at radius 2 is 1.86 bits per heavy atom. The number of aliphatic hydroxyl groups is 1. The highest BCUT2D eigenvalue weighted by molar-refractivity contribution is 7.89. The van der Waals surface area contributed by atoms with Crippen molar-refractivity contribution in [3.05, 3.63) is 59.9 Å². The Hall–Kier alpha value is -1.96. The van der Waals surface area contributed by atoms with E-state index in [1.807, 2.05) is 0 Å². The van der Waals surface area contributed by atoms with Crippen molar-refractivity contribution in [1.82, 2.24) is 4.72 Å². The molecule has 0 saturated carbocycles. The van der Waals surface area contributed by atoms with E-state index in [-0.39, 0.29) is 10.6 Å². The number of nitrogens with one attached hydrogen (secondary N) is 1. The molecule has 0 unspecified atom stereocenters. The summed E-state index contributed by atoms with van der Waals surface area (Å²) < 4.78 is 40.1. The molecule has 2 aromatic rings. The van der Waals surface area contributed by atoms with Crippen LogP contribution in [0.4, 0.5) is 10.1 Å². The van der Waals surface area contributed by atoms with Gasteiger partial charge in [-0.15, -0.1) is 0 Å². The molecule has 0 saturated heterocycles. The minimum atomic E-state index is -4.05. The minimum Gasteiger partial charge on any atom is -0.398 e. The average Bonchev–Trinajstić information content (AvgIpc) is 2.48. The van der Waals surface area contributed by atoms with Gasteiger partial charge in [-0.2, -0.15) is 0 Å². The number of sulfonamides is 1. The summed E-state index contributed by atoms with van der Waals surface area (Å²) in [5.41, 5.74) is 6.12. The van der Waals surface area contributed by atoms with E-state index in [9.17, 15) is 17.9 Å². The lowest BCUT2D eigenvalue weighted by molar-refractivity contribution is 0.259. The fourth-order valence-corrected chi connectivity index (χ4v) is 3.25. The van der Waals surface area contributed by atoms with Crippen LogP contribution in [0.15, 0.2) is 53.4 Å². The normalized spacial score (nSPS) is 13.0.